The molecule has 0 aromatic heterocycles. The van der Waals surface area contributed by atoms with Gasteiger partial charge in [-0.15, -0.1) is 0 Å². The normalized spacial score (nSPS) is 20.6. The molecule has 29 heavy (non-hydrogen) atoms. The zero-order valence-corrected chi connectivity index (χ0v) is 16.9. The van der Waals surface area contributed by atoms with Crippen LogP contribution in [0.15, 0.2) is 42.5 Å². The van der Waals surface area contributed by atoms with Gasteiger partial charge in [0.1, 0.15) is 0 Å². The molecular formula is C23H30N4O2. The van der Waals surface area contributed by atoms with E-state index in [1.807, 2.05) is 41.3 Å². The van der Waals surface area contributed by atoms with Crippen LogP contribution in [0.25, 0.3) is 10.8 Å². The standard InChI is InChI=1S/C23H30N4O2/c28-22(27-14-10-24-11-15-27)9-13-26-12-3-6-21(17-26)25-23(29)20-8-7-18-4-1-2-5-19(18)16-20/h1-2,4-5,7-8,16,21,24H,3,6,9-15,17H2,(H,25,29). The Bertz CT molecular complexity index is 863. The number of nitrogens with zero attached hydrogens (tertiary/aromatic N) is 2. The second kappa shape index (κ2) is 9.37. The molecule has 2 aromatic rings. The van der Waals surface area contributed by atoms with Crippen LogP contribution in [0.4, 0.5) is 0 Å². The van der Waals surface area contributed by atoms with Gasteiger partial charge in [0.25, 0.3) is 5.91 Å². The van der Waals surface area contributed by atoms with Crippen LogP contribution in [0.5, 0.6) is 0 Å². The molecule has 2 heterocycles. The van der Waals surface area contributed by atoms with E-state index in [0.717, 1.165) is 69.4 Å². The number of hydrogen-bond donors (Lipinski definition) is 2. The predicted octanol–water partition coefficient (Wildman–Crippen LogP) is 1.86. The Morgan fingerprint density at radius 2 is 1.83 bits per heavy atom. The van der Waals surface area contributed by atoms with Gasteiger partial charge in [0.2, 0.25) is 5.91 Å². The summed E-state index contributed by atoms with van der Waals surface area (Å²) in [5.74, 6) is 0.230. The topological polar surface area (TPSA) is 64.7 Å². The first-order chi connectivity index (χ1) is 14.2. The average Bonchev–Trinajstić information content (AvgIpc) is 2.78. The average molecular weight is 395 g/mol. The maximum atomic E-state index is 12.7. The van der Waals surface area contributed by atoms with Gasteiger partial charge in [-0.3, -0.25) is 9.59 Å². The molecule has 2 aliphatic rings. The lowest BCUT2D eigenvalue weighted by Crippen LogP contribution is -2.49. The molecule has 6 heteroatoms. The van der Waals surface area contributed by atoms with Gasteiger partial charge in [0, 0.05) is 57.3 Å². The van der Waals surface area contributed by atoms with E-state index in [4.69, 9.17) is 0 Å². The van der Waals surface area contributed by atoms with Crippen LogP contribution in [0, 0.1) is 0 Å². The molecule has 6 nitrogen and oxygen atoms in total. The number of piperidine rings is 1. The Morgan fingerprint density at radius 1 is 1.03 bits per heavy atom. The van der Waals surface area contributed by atoms with Crippen molar-refractivity contribution in [2.75, 3.05) is 45.8 Å². The van der Waals surface area contributed by atoms with E-state index in [0.29, 0.717) is 12.0 Å². The fraction of sp³-hybridized carbons (Fsp3) is 0.478. The predicted molar refractivity (Wildman–Crippen MR) is 115 cm³/mol. The van der Waals surface area contributed by atoms with E-state index in [9.17, 15) is 9.59 Å². The SMILES string of the molecule is O=C(NC1CCCN(CCC(=O)N2CCNCC2)C1)c1ccc2ccccc2c1. The number of benzene rings is 2. The maximum absolute atomic E-state index is 12.7. The number of likely N-dealkylation sites (tertiary alicyclic amines) is 1. The van der Waals surface area contributed by atoms with Crippen molar-refractivity contribution in [2.45, 2.75) is 25.3 Å². The monoisotopic (exact) mass is 394 g/mol. The van der Waals surface area contributed by atoms with Gasteiger partial charge in [-0.25, -0.2) is 0 Å². The lowest BCUT2D eigenvalue weighted by atomic mass is 10.0. The molecule has 154 valence electrons. The Kier molecular flexibility index (Phi) is 6.42. The zero-order chi connectivity index (χ0) is 20.1. The van der Waals surface area contributed by atoms with Crippen molar-refractivity contribution in [2.24, 2.45) is 0 Å². The lowest BCUT2D eigenvalue weighted by molar-refractivity contribution is -0.132. The highest BCUT2D eigenvalue weighted by Gasteiger charge is 2.23. The van der Waals surface area contributed by atoms with Gasteiger partial charge in [-0.05, 0) is 42.3 Å². The van der Waals surface area contributed by atoms with Crippen LogP contribution in [-0.4, -0.2) is 73.5 Å². The summed E-state index contributed by atoms with van der Waals surface area (Å²) in [6.45, 7) is 5.97. The van der Waals surface area contributed by atoms with Crippen LogP contribution in [-0.2, 0) is 4.79 Å². The van der Waals surface area contributed by atoms with Crippen molar-refractivity contribution in [3.05, 3.63) is 48.0 Å². The van der Waals surface area contributed by atoms with Crippen LogP contribution in [0.3, 0.4) is 0 Å². The molecule has 2 saturated heterocycles. The Hall–Kier alpha value is -2.44. The largest absolute Gasteiger partial charge is 0.348 e. The fourth-order valence-corrected chi connectivity index (χ4v) is 4.30. The molecule has 4 rings (SSSR count). The molecule has 0 bridgehead atoms. The molecule has 2 amide bonds. The van der Waals surface area contributed by atoms with Crippen molar-refractivity contribution in [1.82, 2.24) is 20.4 Å². The van der Waals surface area contributed by atoms with Gasteiger partial charge in [-0.2, -0.15) is 0 Å². The lowest BCUT2D eigenvalue weighted by Gasteiger charge is -2.34. The summed E-state index contributed by atoms with van der Waals surface area (Å²) < 4.78 is 0. The smallest absolute Gasteiger partial charge is 0.251 e. The van der Waals surface area contributed by atoms with Gasteiger partial charge < -0.3 is 20.4 Å². The minimum absolute atomic E-state index is 0.0144. The number of rotatable bonds is 5. The van der Waals surface area contributed by atoms with E-state index in [2.05, 4.69) is 21.6 Å². The first-order valence-corrected chi connectivity index (χ1v) is 10.7. The van der Waals surface area contributed by atoms with Crippen molar-refractivity contribution < 1.29 is 9.59 Å². The fourth-order valence-electron chi connectivity index (χ4n) is 4.30. The molecule has 0 aliphatic carbocycles. The third-order valence-electron chi connectivity index (χ3n) is 5.96. The molecule has 2 aromatic carbocycles. The van der Waals surface area contributed by atoms with E-state index >= 15 is 0 Å². The number of fused-ring (bicyclic) bond motifs is 1. The summed E-state index contributed by atoms with van der Waals surface area (Å²) in [5, 5.41) is 8.70. The van der Waals surface area contributed by atoms with E-state index < -0.39 is 0 Å². The van der Waals surface area contributed by atoms with E-state index in [-0.39, 0.29) is 17.9 Å². The van der Waals surface area contributed by atoms with Crippen LogP contribution in [0.2, 0.25) is 0 Å². The number of carbonyl (C=O) groups is 2. The van der Waals surface area contributed by atoms with Gasteiger partial charge in [0.15, 0.2) is 0 Å². The first kappa shape index (κ1) is 19.9. The summed E-state index contributed by atoms with van der Waals surface area (Å²) in [7, 11) is 0. The third-order valence-corrected chi connectivity index (χ3v) is 5.96. The van der Waals surface area contributed by atoms with Crippen molar-refractivity contribution in [3.8, 4) is 0 Å². The summed E-state index contributed by atoms with van der Waals surface area (Å²) in [6, 6.07) is 14.1. The summed E-state index contributed by atoms with van der Waals surface area (Å²) in [4.78, 5) is 29.4. The van der Waals surface area contributed by atoms with Crippen LogP contribution >= 0.6 is 0 Å². The zero-order valence-electron chi connectivity index (χ0n) is 16.9. The maximum Gasteiger partial charge on any atom is 0.251 e. The number of amides is 2. The summed E-state index contributed by atoms with van der Waals surface area (Å²) >= 11 is 0. The van der Waals surface area contributed by atoms with Crippen molar-refractivity contribution in [3.63, 3.8) is 0 Å². The second-order valence-electron chi connectivity index (χ2n) is 8.06. The molecule has 2 aliphatic heterocycles. The van der Waals surface area contributed by atoms with Crippen molar-refractivity contribution >= 4 is 22.6 Å². The molecular weight excluding hydrogens is 364 g/mol. The molecule has 0 radical (unpaired) electrons. The molecule has 0 saturated carbocycles. The van der Waals surface area contributed by atoms with E-state index in [1.54, 1.807) is 0 Å². The minimum Gasteiger partial charge on any atom is -0.348 e. The second-order valence-corrected chi connectivity index (χ2v) is 8.06. The molecule has 2 N–H and O–H groups in total. The molecule has 1 unspecified atom stereocenters. The quantitative estimate of drug-likeness (QED) is 0.813. The van der Waals surface area contributed by atoms with Gasteiger partial charge in [0.05, 0.1) is 0 Å². The summed E-state index contributed by atoms with van der Waals surface area (Å²) in [6.07, 6.45) is 2.59. The van der Waals surface area contributed by atoms with E-state index in [1.165, 1.54) is 0 Å². The Labute approximate surface area is 172 Å². The highest BCUT2D eigenvalue weighted by atomic mass is 16.2. The first-order valence-electron chi connectivity index (χ1n) is 10.7. The number of piperazine rings is 1. The van der Waals surface area contributed by atoms with Crippen LogP contribution in [0.1, 0.15) is 29.6 Å². The Morgan fingerprint density at radius 3 is 2.66 bits per heavy atom. The number of hydrogen-bond acceptors (Lipinski definition) is 4. The number of nitrogens with one attached hydrogen (secondary N) is 2. The third kappa shape index (κ3) is 5.14. The van der Waals surface area contributed by atoms with Crippen molar-refractivity contribution in [1.29, 1.82) is 0 Å². The summed E-state index contributed by atoms with van der Waals surface area (Å²) in [5.41, 5.74) is 0.703. The highest BCUT2D eigenvalue weighted by Crippen LogP contribution is 2.17. The Balaban J connectivity index is 1.28. The van der Waals surface area contributed by atoms with Crippen LogP contribution < -0.4 is 10.6 Å². The molecule has 2 fully saturated rings. The minimum atomic E-state index is -0.0144. The van der Waals surface area contributed by atoms with Gasteiger partial charge in [-0.1, -0.05) is 30.3 Å². The number of carbonyl (C=O) groups excluding carboxylic acids is 2. The molecule has 1 atom stereocenters. The van der Waals surface area contributed by atoms with Gasteiger partial charge >= 0.3 is 0 Å². The molecule has 0 spiro atoms. The highest BCUT2D eigenvalue weighted by molar-refractivity contribution is 5.98.